The average molecular weight is 305 g/mol. The van der Waals surface area contributed by atoms with E-state index in [1.54, 1.807) is 6.20 Å². The molecule has 0 unspecified atom stereocenters. The number of aryl methyl sites for hydroxylation is 1. The quantitative estimate of drug-likeness (QED) is 0.729. The van der Waals surface area contributed by atoms with Crippen LogP contribution in [0.5, 0.6) is 0 Å². The van der Waals surface area contributed by atoms with Gasteiger partial charge in [-0.15, -0.1) is 5.10 Å². The van der Waals surface area contributed by atoms with Crippen molar-refractivity contribution in [3.8, 4) is 0 Å². The maximum Gasteiger partial charge on any atom is 0.244 e. The van der Waals surface area contributed by atoms with Gasteiger partial charge in [-0.2, -0.15) is 10.1 Å². The second kappa shape index (κ2) is 7.35. The summed E-state index contributed by atoms with van der Waals surface area (Å²) in [5, 5.41) is 14.4. The van der Waals surface area contributed by atoms with E-state index in [1.165, 1.54) is 11.1 Å². The van der Waals surface area contributed by atoms with Crippen molar-refractivity contribution in [3.63, 3.8) is 0 Å². The summed E-state index contributed by atoms with van der Waals surface area (Å²) in [6.45, 7) is 2.82. The predicted molar refractivity (Wildman–Crippen MR) is 92.9 cm³/mol. The lowest BCUT2D eigenvalue weighted by Crippen LogP contribution is -2.09. The normalized spacial score (nSPS) is 10.3. The van der Waals surface area contributed by atoms with Gasteiger partial charge in [-0.05, 0) is 31.0 Å². The van der Waals surface area contributed by atoms with Crippen LogP contribution in [0.2, 0.25) is 0 Å². The average Bonchev–Trinajstić information content (AvgIpc) is 2.58. The molecule has 0 aliphatic carbocycles. The van der Waals surface area contributed by atoms with E-state index in [4.69, 9.17) is 0 Å². The summed E-state index contributed by atoms with van der Waals surface area (Å²) in [6, 6.07) is 18.4. The largest absolute Gasteiger partial charge is 0.353 e. The van der Waals surface area contributed by atoms with Crippen molar-refractivity contribution in [1.82, 2.24) is 15.2 Å². The van der Waals surface area contributed by atoms with Crippen molar-refractivity contribution < 1.29 is 0 Å². The van der Waals surface area contributed by atoms with Crippen LogP contribution in [0.1, 0.15) is 11.1 Å². The van der Waals surface area contributed by atoms with E-state index in [1.807, 2.05) is 30.3 Å². The molecule has 3 aromatic rings. The van der Waals surface area contributed by atoms with Gasteiger partial charge in [-0.3, -0.25) is 0 Å². The van der Waals surface area contributed by atoms with E-state index in [-0.39, 0.29) is 0 Å². The van der Waals surface area contributed by atoms with Crippen LogP contribution in [0.15, 0.2) is 60.8 Å². The number of hydrogen-bond donors (Lipinski definition) is 2. The highest BCUT2D eigenvalue weighted by atomic mass is 15.3. The molecule has 116 valence electrons. The maximum absolute atomic E-state index is 4.43. The molecule has 5 heteroatoms. The van der Waals surface area contributed by atoms with Gasteiger partial charge in [0.05, 0.1) is 6.20 Å². The fraction of sp³-hybridized carbons (Fsp3) is 0.167. The summed E-state index contributed by atoms with van der Waals surface area (Å²) in [7, 11) is 0. The number of nitrogens with zero attached hydrogens (tertiary/aromatic N) is 3. The van der Waals surface area contributed by atoms with Gasteiger partial charge in [-0.1, -0.05) is 48.0 Å². The Morgan fingerprint density at radius 2 is 1.74 bits per heavy atom. The molecule has 1 aromatic heterocycles. The Hall–Kier alpha value is -2.95. The van der Waals surface area contributed by atoms with E-state index in [0.717, 1.165) is 18.7 Å². The highest BCUT2D eigenvalue weighted by Gasteiger charge is 2.01. The molecule has 0 atom stereocenters. The molecule has 1 heterocycles. The third-order valence-electron chi connectivity index (χ3n) is 3.42. The van der Waals surface area contributed by atoms with Gasteiger partial charge in [0.2, 0.25) is 5.95 Å². The zero-order chi connectivity index (χ0) is 15.9. The molecular formula is C18H19N5. The van der Waals surface area contributed by atoms with Gasteiger partial charge in [0.15, 0.2) is 5.82 Å². The number of benzene rings is 2. The summed E-state index contributed by atoms with van der Waals surface area (Å²) in [6.07, 6.45) is 2.53. The van der Waals surface area contributed by atoms with Crippen LogP contribution in [-0.4, -0.2) is 21.7 Å². The Kier molecular flexibility index (Phi) is 4.79. The van der Waals surface area contributed by atoms with E-state index in [2.05, 4.69) is 57.0 Å². The Balaban J connectivity index is 1.57. The number of rotatable bonds is 6. The molecule has 0 saturated carbocycles. The molecule has 5 nitrogen and oxygen atoms in total. The standard InChI is InChI=1S/C18H19N5/c1-14-7-9-16(10-8-14)21-17-13-20-23-18(22-17)19-12-11-15-5-3-2-4-6-15/h2-10,13H,11-12H2,1H3,(H2,19,21,22,23). The zero-order valence-electron chi connectivity index (χ0n) is 13.0. The first kappa shape index (κ1) is 15.0. The topological polar surface area (TPSA) is 62.7 Å². The fourth-order valence-electron chi connectivity index (χ4n) is 2.19. The Bertz CT molecular complexity index is 741. The second-order valence-electron chi connectivity index (χ2n) is 5.32. The minimum atomic E-state index is 0.526. The second-order valence-corrected chi connectivity index (χ2v) is 5.32. The van der Waals surface area contributed by atoms with Crippen LogP contribution in [0.4, 0.5) is 17.5 Å². The van der Waals surface area contributed by atoms with Crippen molar-refractivity contribution in [2.45, 2.75) is 13.3 Å². The van der Waals surface area contributed by atoms with Gasteiger partial charge >= 0.3 is 0 Å². The van der Waals surface area contributed by atoms with Crippen molar-refractivity contribution >= 4 is 17.5 Å². The molecule has 0 fully saturated rings. The van der Waals surface area contributed by atoms with E-state index < -0.39 is 0 Å². The first-order valence-corrected chi connectivity index (χ1v) is 7.61. The highest BCUT2D eigenvalue weighted by molar-refractivity contribution is 5.56. The van der Waals surface area contributed by atoms with Gasteiger partial charge < -0.3 is 10.6 Å². The van der Waals surface area contributed by atoms with Gasteiger partial charge in [0.25, 0.3) is 0 Å². The molecule has 0 radical (unpaired) electrons. The monoisotopic (exact) mass is 305 g/mol. The summed E-state index contributed by atoms with van der Waals surface area (Å²) in [5.74, 6) is 1.20. The summed E-state index contributed by atoms with van der Waals surface area (Å²) < 4.78 is 0. The fourth-order valence-corrected chi connectivity index (χ4v) is 2.19. The van der Waals surface area contributed by atoms with Crippen LogP contribution in [0.25, 0.3) is 0 Å². The van der Waals surface area contributed by atoms with Crippen LogP contribution in [-0.2, 0) is 6.42 Å². The summed E-state index contributed by atoms with van der Waals surface area (Å²) in [4.78, 5) is 4.43. The van der Waals surface area contributed by atoms with Crippen molar-refractivity contribution in [2.75, 3.05) is 17.2 Å². The van der Waals surface area contributed by atoms with Crippen LogP contribution >= 0.6 is 0 Å². The van der Waals surface area contributed by atoms with Gasteiger partial charge in [0, 0.05) is 12.2 Å². The molecular weight excluding hydrogens is 286 g/mol. The lowest BCUT2D eigenvalue weighted by atomic mass is 10.1. The lowest BCUT2D eigenvalue weighted by molar-refractivity contribution is 0.929. The minimum Gasteiger partial charge on any atom is -0.353 e. The van der Waals surface area contributed by atoms with E-state index >= 15 is 0 Å². The molecule has 2 aromatic carbocycles. The third-order valence-corrected chi connectivity index (χ3v) is 3.42. The smallest absolute Gasteiger partial charge is 0.244 e. The maximum atomic E-state index is 4.43. The molecule has 0 aliphatic heterocycles. The van der Waals surface area contributed by atoms with Gasteiger partial charge in [0.1, 0.15) is 0 Å². The Labute approximate surface area is 135 Å². The molecule has 0 spiro atoms. The summed E-state index contributed by atoms with van der Waals surface area (Å²) >= 11 is 0. The number of nitrogens with one attached hydrogen (secondary N) is 2. The first-order valence-electron chi connectivity index (χ1n) is 7.61. The molecule has 0 saturated heterocycles. The molecule has 2 N–H and O–H groups in total. The molecule has 3 rings (SSSR count). The summed E-state index contributed by atoms with van der Waals surface area (Å²) in [5.41, 5.74) is 3.48. The number of anilines is 3. The zero-order valence-corrected chi connectivity index (χ0v) is 13.0. The molecule has 0 aliphatic rings. The van der Waals surface area contributed by atoms with Crippen molar-refractivity contribution in [1.29, 1.82) is 0 Å². The van der Waals surface area contributed by atoms with E-state index in [0.29, 0.717) is 11.8 Å². The number of hydrogen-bond acceptors (Lipinski definition) is 5. The third kappa shape index (κ3) is 4.51. The predicted octanol–water partition coefficient (Wildman–Crippen LogP) is 3.58. The SMILES string of the molecule is Cc1ccc(Nc2cnnc(NCCc3ccccc3)n2)cc1. The van der Waals surface area contributed by atoms with Crippen molar-refractivity contribution in [3.05, 3.63) is 71.9 Å². The van der Waals surface area contributed by atoms with Crippen LogP contribution < -0.4 is 10.6 Å². The minimum absolute atomic E-state index is 0.526. The van der Waals surface area contributed by atoms with Crippen LogP contribution in [0, 0.1) is 6.92 Å². The highest BCUT2D eigenvalue weighted by Crippen LogP contribution is 2.14. The van der Waals surface area contributed by atoms with E-state index in [9.17, 15) is 0 Å². The van der Waals surface area contributed by atoms with Gasteiger partial charge in [-0.25, -0.2) is 0 Å². The Morgan fingerprint density at radius 1 is 0.957 bits per heavy atom. The van der Waals surface area contributed by atoms with Crippen LogP contribution in [0.3, 0.4) is 0 Å². The molecule has 0 amide bonds. The lowest BCUT2D eigenvalue weighted by Gasteiger charge is -2.08. The Morgan fingerprint density at radius 3 is 2.52 bits per heavy atom. The van der Waals surface area contributed by atoms with Crippen molar-refractivity contribution in [2.24, 2.45) is 0 Å². The molecule has 23 heavy (non-hydrogen) atoms. The first-order chi connectivity index (χ1) is 11.3. The molecule has 0 bridgehead atoms. The number of aromatic nitrogens is 3.